The van der Waals surface area contributed by atoms with Crippen molar-refractivity contribution in [2.75, 3.05) is 5.73 Å². The lowest BCUT2D eigenvalue weighted by Crippen LogP contribution is -2.41. The first-order valence-corrected chi connectivity index (χ1v) is 7.80. The SMILES string of the molecule is Nc1nnc(SC2Cc3ccc(F)c(C(=O)O)c3OB2O)s1. The van der Waals surface area contributed by atoms with E-state index < -0.39 is 29.6 Å². The maximum atomic E-state index is 13.6. The maximum absolute atomic E-state index is 13.6. The molecule has 1 aliphatic rings. The van der Waals surface area contributed by atoms with E-state index in [1.165, 1.54) is 29.2 Å². The van der Waals surface area contributed by atoms with Gasteiger partial charge in [0.15, 0.2) is 4.34 Å². The standard InChI is InChI=1S/C11H9BFN3O4S2/c13-5-2-1-4-3-6(21-11-16-15-10(14)22-11)12(19)20-8(4)7(5)9(17)18/h1-2,6,19H,3H2,(H2,14,15)(H,17,18). The highest BCUT2D eigenvalue weighted by atomic mass is 32.2. The predicted octanol–water partition coefficient (Wildman–Crippen LogP) is 1.07. The van der Waals surface area contributed by atoms with Gasteiger partial charge in [-0.1, -0.05) is 29.2 Å². The van der Waals surface area contributed by atoms with Crippen LogP contribution in [0.15, 0.2) is 16.5 Å². The minimum Gasteiger partial charge on any atom is -0.535 e. The van der Waals surface area contributed by atoms with Crippen molar-refractivity contribution in [3.8, 4) is 5.75 Å². The van der Waals surface area contributed by atoms with Gasteiger partial charge in [0, 0.05) is 0 Å². The number of hydrogen-bond acceptors (Lipinski definition) is 8. The number of halogens is 1. The molecule has 0 amide bonds. The molecule has 0 saturated heterocycles. The second-order valence-electron chi connectivity index (χ2n) is 4.49. The molecule has 2 aromatic rings. The van der Waals surface area contributed by atoms with Crippen LogP contribution in [0.25, 0.3) is 0 Å². The van der Waals surface area contributed by atoms with Gasteiger partial charge in [-0.05, 0) is 18.1 Å². The summed E-state index contributed by atoms with van der Waals surface area (Å²) in [7, 11) is -1.29. The molecule has 1 aromatic heterocycles. The molecule has 2 heterocycles. The van der Waals surface area contributed by atoms with E-state index in [1.807, 2.05) is 0 Å². The van der Waals surface area contributed by atoms with Crippen molar-refractivity contribution in [1.82, 2.24) is 10.2 Å². The number of rotatable bonds is 3. The molecule has 0 spiro atoms. The summed E-state index contributed by atoms with van der Waals surface area (Å²) < 4.78 is 19.4. The van der Waals surface area contributed by atoms with Gasteiger partial charge in [0.1, 0.15) is 17.1 Å². The van der Waals surface area contributed by atoms with Crippen molar-refractivity contribution in [3.63, 3.8) is 0 Å². The van der Waals surface area contributed by atoms with Gasteiger partial charge in [0.25, 0.3) is 0 Å². The van der Waals surface area contributed by atoms with E-state index in [9.17, 15) is 14.2 Å². The van der Waals surface area contributed by atoms with E-state index in [2.05, 4.69) is 10.2 Å². The van der Waals surface area contributed by atoms with E-state index in [1.54, 1.807) is 0 Å². The summed E-state index contributed by atoms with van der Waals surface area (Å²) in [6, 6.07) is 2.53. The highest BCUT2D eigenvalue weighted by molar-refractivity contribution is 8.02. The number of benzene rings is 1. The molecular weight excluding hydrogens is 332 g/mol. The molecule has 7 nitrogen and oxygen atoms in total. The fourth-order valence-electron chi connectivity index (χ4n) is 2.11. The lowest BCUT2D eigenvalue weighted by molar-refractivity contribution is 0.0689. The van der Waals surface area contributed by atoms with Crippen LogP contribution < -0.4 is 10.4 Å². The number of nitrogen functional groups attached to an aromatic ring is 1. The van der Waals surface area contributed by atoms with E-state index in [4.69, 9.17) is 15.5 Å². The number of aromatic nitrogens is 2. The zero-order chi connectivity index (χ0) is 15.9. The first-order chi connectivity index (χ1) is 10.5. The zero-order valence-electron chi connectivity index (χ0n) is 10.9. The smallest absolute Gasteiger partial charge is 0.535 e. The normalized spacial score (nSPS) is 17.0. The van der Waals surface area contributed by atoms with Crippen LogP contribution in [0.5, 0.6) is 5.75 Å². The lowest BCUT2D eigenvalue weighted by atomic mass is 9.77. The van der Waals surface area contributed by atoms with Gasteiger partial charge in [-0.15, -0.1) is 10.2 Å². The van der Waals surface area contributed by atoms with Crippen LogP contribution in [-0.2, 0) is 6.42 Å². The number of nitrogens with zero attached hydrogens (tertiary/aromatic N) is 2. The third kappa shape index (κ3) is 2.74. The van der Waals surface area contributed by atoms with Gasteiger partial charge < -0.3 is 20.5 Å². The first-order valence-electron chi connectivity index (χ1n) is 6.10. The minimum absolute atomic E-state index is 0.131. The van der Waals surface area contributed by atoms with Gasteiger partial charge in [0.2, 0.25) is 5.13 Å². The predicted molar refractivity (Wildman–Crippen MR) is 79.6 cm³/mol. The van der Waals surface area contributed by atoms with Gasteiger partial charge in [-0.2, -0.15) is 0 Å². The summed E-state index contributed by atoms with van der Waals surface area (Å²) in [6.07, 6.45) is 0.307. The fourth-order valence-corrected chi connectivity index (χ4v) is 4.05. The Hall–Kier alpha value is -1.85. The molecule has 1 aliphatic heterocycles. The van der Waals surface area contributed by atoms with Crippen molar-refractivity contribution in [3.05, 3.63) is 29.1 Å². The van der Waals surface area contributed by atoms with Gasteiger partial charge in [-0.3, -0.25) is 0 Å². The second kappa shape index (κ2) is 5.74. The van der Waals surface area contributed by atoms with Crippen molar-refractivity contribution >= 4 is 41.3 Å². The maximum Gasteiger partial charge on any atom is 0.537 e. The molecular formula is C11H9BFN3O4S2. The molecule has 22 heavy (non-hydrogen) atoms. The molecule has 4 N–H and O–H groups in total. The first kappa shape index (κ1) is 15.1. The molecule has 0 radical (unpaired) electrons. The Morgan fingerprint density at radius 2 is 2.32 bits per heavy atom. The summed E-state index contributed by atoms with van der Waals surface area (Å²) in [4.78, 5) is 11.1. The second-order valence-corrected chi connectivity index (χ2v) is 6.99. The molecule has 3 rings (SSSR count). The average Bonchev–Trinajstić information content (AvgIpc) is 2.85. The number of anilines is 1. The summed E-state index contributed by atoms with van der Waals surface area (Å²) in [5, 5.41) is 26.5. The quantitative estimate of drug-likeness (QED) is 0.710. The highest BCUT2D eigenvalue weighted by Gasteiger charge is 2.39. The summed E-state index contributed by atoms with van der Waals surface area (Å²) in [5.74, 6) is -2.47. The Labute approximate surface area is 132 Å². The van der Waals surface area contributed by atoms with Crippen LogP contribution >= 0.6 is 23.1 Å². The molecule has 114 valence electrons. The van der Waals surface area contributed by atoms with Crippen LogP contribution in [-0.4, -0.2) is 38.6 Å². The molecule has 0 bridgehead atoms. The van der Waals surface area contributed by atoms with Crippen LogP contribution in [0.1, 0.15) is 15.9 Å². The number of carbonyl (C=O) groups is 1. The number of hydrogen-bond donors (Lipinski definition) is 3. The molecule has 11 heteroatoms. The molecule has 0 saturated carbocycles. The van der Waals surface area contributed by atoms with Gasteiger partial charge >= 0.3 is 13.1 Å². The molecule has 1 aromatic carbocycles. The monoisotopic (exact) mass is 341 g/mol. The van der Waals surface area contributed by atoms with Crippen LogP contribution in [0.4, 0.5) is 9.52 Å². The van der Waals surface area contributed by atoms with Crippen LogP contribution in [0, 0.1) is 5.82 Å². The van der Waals surface area contributed by atoms with Crippen LogP contribution in [0.3, 0.4) is 0 Å². The summed E-state index contributed by atoms with van der Waals surface area (Å²) >= 11 is 2.40. The Kier molecular flexibility index (Phi) is 3.93. The van der Waals surface area contributed by atoms with E-state index in [0.717, 1.165) is 6.07 Å². The van der Waals surface area contributed by atoms with Gasteiger partial charge in [-0.25, -0.2) is 9.18 Å². The fraction of sp³-hybridized carbons (Fsp3) is 0.182. The molecule has 1 atom stereocenters. The van der Waals surface area contributed by atoms with Crippen molar-refractivity contribution in [2.45, 2.75) is 15.9 Å². The Balaban J connectivity index is 1.89. The van der Waals surface area contributed by atoms with Crippen molar-refractivity contribution < 1.29 is 24.0 Å². The Morgan fingerprint density at radius 3 is 2.95 bits per heavy atom. The van der Waals surface area contributed by atoms with Crippen molar-refractivity contribution in [2.24, 2.45) is 0 Å². The molecule has 0 aliphatic carbocycles. The highest BCUT2D eigenvalue weighted by Crippen LogP contribution is 2.38. The Morgan fingerprint density at radius 1 is 1.55 bits per heavy atom. The third-order valence-corrected chi connectivity index (χ3v) is 5.13. The zero-order valence-corrected chi connectivity index (χ0v) is 12.5. The minimum atomic E-state index is -1.44. The van der Waals surface area contributed by atoms with E-state index in [-0.39, 0.29) is 5.75 Å². The lowest BCUT2D eigenvalue weighted by Gasteiger charge is -2.27. The number of fused-ring (bicyclic) bond motifs is 1. The van der Waals surface area contributed by atoms with E-state index >= 15 is 0 Å². The number of carboxylic acid groups (broad SMARTS) is 1. The van der Waals surface area contributed by atoms with E-state index in [0.29, 0.717) is 21.5 Å². The Bertz CT molecular complexity index is 744. The summed E-state index contributed by atoms with van der Waals surface area (Å²) in [6.45, 7) is 0. The third-order valence-electron chi connectivity index (χ3n) is 3.05. The topological polar surface area (TPSA) is 119 Å². The number of aromatic carboxylic acids is 1. The largest absolute Gasteiger partial charge is 0.537 e. The molecule has 1 unspecified atom stereocenters. The number of nitrogens with two attached hydrogens (primary N) is 1. The van der Waals surface area contributed by atoms with Crippen LogP contribution in [0.2, 0.25) is 0 Å². The number of thioether (sulfide) groups is 1. The number of carboxylic acids is 1. The van der Waals surface area contributed by atoms with Crippen molar-refractivity contribution in [1.29, 1.82) is 0 Å². The van der Waals surface area contributed by atoms with Gasteiger partial charge in [0.05, 0.1) is 5.15 Å². The average molecular weight is 341 g/mol. The molecule has 0 fully saturated rings. The summed E-state index contributed by atoms with van der Waals surface area (Å²) in [5.41, 5.74) is 5.44.